The largest absolute Gasteiger partial charge is 0.324 e. The Hall–Kier alpha value is -2.64. The standard InChI is InChI=1S/C20H23N3O/c1-4-16-8-10-17(11-9-16)14-23(3)15(2)20(24)22-19-7-5-6-18(12-19)13-21/h5-12,15H,4,14H2,1-3H3,(H,22,24)/p+1/t15-/m1/s1. The van der Waals surface area contributed by atoms with Crippen LogP contribution in [0.1, 0.15) is 30.5 Å². The van der Waals surface area contributed by atoms with Gasteiger partial charge in [0.15, 0.2) is 6.04 Å². The number of hydrogen-bond donors (Lipinski definition) is 2. The first-order chi connectivity index (χ1) is 11.5. The van der Waals surface area contributed by atoms with Crippen molar-refractivity contribution >= 4 is 11.6 Å². The van der Waals surface area contributed by atoms with E-state index in [1.807, 2.05) is 14.0 Å². The van der Waals surface area contributed by atoms with Crippen LogP contribution in [0.25, 0.3) is 0 Å². The zero-order chi connectivity index (χ0) is 17.5. The molecule has 2 N–H and O–H groups in total. The van der Waals surface area contributed by atoms with Crippen LogP contribution in [0.3, 0.4) is 0 Å². The Labute approximate surface area is 143 Å². The van der Waals surface area contributed by atoms with Crippen LogP contribution in [-0.4, -0.2) is 19.0 Å². The summed E-state index contributed by atoms with van der Waals surface area (Å²) in [7, 11) is 2.02. The highest BCUT2D eigenvalue weighted by Crippen LogP contribution is 2.10. The Balaban J connectivity index is 1.97. The molecule has 2 atom stereocenters. The van der Waals surface area contributed by atoms with Crippen LogP contribution >= 0.6 is 0 Å². The van der Waals surface area contributed by atoms with Gasteiger partial charge in [0.1, 0.15) is 6.54 Å². The molecule has 0 radical (unpaired) electrons. The fourth-order valence-electron chi connectivity index (χ4n) is 2.51. The van der Waals surface area contributed by atoms with E-state index >= 15 is 0 Å². The number of benzene rings is 2. The molecule has 0 spiro atoms. The molecule has 4 heteroatoms. The number of carbonyl (C=O) groups excluding carboxylic acids is 1. The molecule has 0 saturated carbocycles. The number of amides is 1. The van der Waals surface area contributed by atoms with Crippen LogP contribution in [0.2, 0.25) is 0 Å². The van der Waals surface area contributed by atoms with E-state index in [0.717, 1.165) is 17.9 Å². The van der Waals surface area contributed by atoms with Crippen LogP contribution in [0, 0.1) is 11.3 Å². The normalized spacial score (nSPS) is 12.9. The van der Waals surface area contributed by atoms with Gasteiger partial charge in [0.25, 0.3) is 5.91 Å². The Morgan fingerprint density at radius 1 is 1.21 bits per heavy atom. The summed E-state index contributed by atoms with van der Waals surface area (Å²) in [4.78, 5) is 13.5. The number of quaternary nitrogens is 1. The summed E-state index contributed by atoms with van der Waals surface area (Å²) in [6, 6.07) is 17.4. The minimum Gasteiger partial charge on any atom is -0.324 e. The lowest BCUT2D eigenvalue weighted by Crippen LogP contribution is -3.12. The van der Waals surface area contributed by atoms with E-state index in [1.54, 1.807) is 24.3 Å². The highest BCUT2D eigenvalue weighted by atomic mass is 16.2. The van der Waals surface area contributed by atoms with E-state index in [0.29, 0.717) is 11.3 Å². The minimum absolute atomic E-state index is 0.0484. The summed E-state index contributed by atoms with van der Waals surface area (Å²) in [6.07, 6.45) is 1.03. The number of nitrogens with zero attached hydrogens (tertiary/aromatic N) is 1. The third-order valence-electron chi connectivity index (χ3n) is 4.31. The van der Waals surface area contributed by atoms with E-state index < -0.39 is 0 Å². The second-order valence-corrected chi connectivity index (χ2v) is 6.10. The predicted octanol–water partition coefficient (Wildman–Crippen LogP) is 2.16. The average Bonchev–Trinajstić information content (AvgIpc) is 2.61. The summed E-state index contributed by atoms with van der Waals surface area (Å²) in [5.74, 6) is -0.0484. The quantitative estimate of drug-likeness (QED) is 0.856. The minimum atomic E-state index is -0.193. The zero-order valence-electron chi connectivity index (χ0n) is 14.5. The smallest absolute Gasteiger partial charge is 0.282 e. The van der Waals surface area contributed by atoms with Crippen LogP contribution in [0.4, 0.5) is 5.69 Å². The fraction of sp³-hybridized carbons (Fsp3) is 0.300. The Morgan fingerprint density at radius 2 is 1.88 bits per heavy atom. The summed E-state index contributed by atoms with van der Waals surface area (Å²) in [5.41, 5.74) is 3.73. The Morgan fingerprint density at radius 3 is 2.50 bits per heavy atom. The molecule has 0 aliphatic carbocycles. The third kappa shape index (κ3) is 4.68. The summed E-state index contributed by atoms with van der Waals surface area (Å²) < 4.78 is 0. The highest BCUT2D eigenvalue weighted by molar-refractivity contribution is 5.93. The number of aryl methyl sites for hydroxylation is 1. The summed E-state index contributed by atoms with van der Waals surface area (Å²) in [5, 5.41) is 11.8. The molecule has 0 aromatic heterocycles. The third-order valence-corrected chi connectivity index (χ3v) is 4.31. The maximum atomic E-state index is 12.4. The number of rotatable bonds is 6. The van der Waals surface area contributed by atoms with E-state index in [9.17, 15) is 4.79 Å². The number of nitrogens with one attached hydrogen (secondary N) is 2. The van der Waals surface area contributed by atoms with Crippen molar-refractivity contribution in [3.63, 3.8) is 0 Å². The lowest BCUT2D eigenvalue weighted by atomic mass is 10.1. The Kier molecular flexibility index (Phi) is 6.11. The lowest BCUT2D eigenvalue weighted by Gasteiger charge is -2.21. The molecule has 1 unspecified atom stereocenters. The molecule has 0 saturated heterocycles. The maximum absolute atomic E-state index is 12.4. The summed E-state index contributed by atoms with van der Waals surface area (Å²) >= 11 is 0. The van der Waals surface area contributed by atoms with Crippen molar-refractivity contribution < 1.29 is 9.69 Å². The van der Waals surface area contributed by atoms with E-state index in [1.165, 1.54) is 11.1 Å². The molecule has 0 fully saturated rings. The van der Waals surface area contributed by atoms with Gasteiger partial charge in [-0.1, -0.05) is 37.3 Å². The van der Waals surface area contributed by atoms with Gasteiger partial charge in [0, 0.05) is 11.3 Å². The number of nitriles is 1. The molecule has 124 valence electrons. The average molecular weight is 322 g/mol. The van der Waals surface area contributed by atoms with Gasteiger partial charge in [0.2, 0.25) is 0 Å². The van der Waals surface area contributed by atoms with Crippen molar-refractivity contribution in [3.05, 3.63) is 65.2 Å². The van der Waals surface area contributed by atoms with E-state index in [-0.39, 0.29) is 11.9 Å². The summed E-state index contributed by atoms with van der Waals surface area (Å²) in [6.45, 7) is 4.84. The molecule has 0 heterocycles. The number of hydrogen-bond acceptors (Lipinski definition) is 2. The molecule has 0 aliphatic rings. The van der Waals surface area contributed by atoms with Crippen LogP contribution in [0.5, 0.6) is 0 Å². The number of anilines is 1. The molecule has 2 aromatic rings. The monoisotopic (exact) mass is 322 g/mol. The molecule has 1 amide bonds. The molecular formula is C20H24N3O+. The van der Waals surface area contributed by atoms with Gasteiger partial charge in [-0.2, -0.15) is 5.26 Å². The number of carbonyl (C=O) groups is 1. The van der Waals surface area contributed by atoms with Crippen molar-refractivity contribution in [3.8, 4) is 6.07 Å². The second kappa shape index (κ2) is 8.28. The first-order valence-electron chi connectivity index (χ1n) is 8.24. The van der Waals surface area contributed by atoms with Gasteiger partial charge in [-0.05, 0) is 37.1 Å². The van der Waals surface area contributed by atoms with Gasteiger partial charge < -0.3 is 10.2 Å². The lowest BCUT2D eigenvalue weighted by molar-refractivity contribution is -0.907. The highest BCUT2D eigenvalue weighted by Gasteiger charge is 2.22. The van der Waals surface area contributed by atoms with Crippen molar-refractivity contribution in [1.82, 2.24) is 0 Å². The van der Waals surface area contributed by atoms with Gasteiger partial charge in [-0.25, -0.2) is 0 Å². The Bertz CT molecular complexity index is 731. The van der Waals surface area contributed by atoms with Crippen LogP contribution in [0.15, 0.2) is 48.5 Å². The van der Waals surface area contributed by atoms with Crippen molar-refractivity contribution in [2.45, 2.75) is 32.9 Å². The maximum Gasteiger partial charge on any atom is 0.282 e. The molecule has 0 aliphatic heterocycles. The molecule has 2 rings (SSSR count). The molecule has 0 bridgehead atoms. The van der Waals surface area contributed by atoms with Crippen molar-refractivity contribution in [2.24, 2.45) is 0 Å². The first-order valence-corrected chi connectivity index (χ1v) is 8.24. The topological polar surface area (TPSA) is 57.3 Å². The molecular weight excluding hydrogens is 298 g/mol. The van der Waals surface area contributed by atoms with Gasteiger partial charge in [-0.3, -0.25) is 4.79 Å². The second-order valence-electron chi connectivity index (χ2n) is 6.10. The van der Waals surface area contributed by atoms with E-state index in [4.69, 9.17) is 5.26 Å². The SMILES string of the molecule is CCc1ccc(C[NH+](C)[C@H](C)C(=O)Nc2cccc(C#N)c2)cc1. The first kappa shape index (κ1) is 17.7. The molecule has 4 nitrogen and oxygen atoms in total. The van der Waals surface area contributed by atoms with Crippen LogP contribution in [-0.2, 0) is 17.8 Å². The van der Waals surface area contributed by atoms with Gasteiger partial charge >= 0.3 is 0 Å². The molecule has 24 heavy (non-hydrogen) atoms. The van der Waals surface area contributed by atoms with Gasteiger partial charge in [0.05, 0.1) is 18.7 Å². The number of likely N-dealkylation sites (N-methyl/N-ethyl adjacent to an activating group) is 1. The van der Waals surface area contributed by atoms with Crippen LogP contribution < -0.4 is 10.2 Å². The fourth-order valence-corrected chi connectivity index (χ4v) is 2.51. The predicted molar refractivity (Wildman–Crippen MR) is 95.7 cm³/mol. The molecule has 2 aromatic carbocycles. The zero-order valence-corrected chi connectivity index (χ0v) is 14.5. The van der Waals surface area contributed by atoms with Crippen molar-refractivity contribution in [2.75, 3.05) is 12.4 Å². The van der Waals surface area contributed by atoms with Crippen molar-refractivity contribution in [1.29, 1.82) is 5.26 Å². The van der Waals surface area contributed by atoms with Gasteiger partial charge in [-0.15, -0.1) is 0 Å². The van der Waals surface area contributed by atoms with E-state index in [2.05, 4.69) is 42.6 Å².